The molecule has 0 aliphatic heterocycles. The van der Waals surface area contributed by atoms with Crippen LogP contribution >= 0.6 is 11.6 Å². The van der Waals surface area contributed by atoms with Crippen LogP contribution in [0.15, 0.2) is 0 Å². The van der Waals surface area contributed by atoms with E-state index in [-0.39, 0.29) is 23.4 Å². The van der Waals surface area contributed by atoms with Gasteiger partial charge in [0, 0.05) is 4.87 Å². The van der Waals surface area contributed by atoms with Gasteiger partial charge in [-0.3, -0.25) is 9.59 Å². The van der Waals surface area contributed by atoms with Crippen molar-refractivity contribution < 1.29 is 14.3 Å². The zero-order chi connectivity index (χ0) is 18.4. The van der Waals surface area contributed by atoms with Crippen molar-refractivity contribution in [2.24, 2.45) is 17.3 Å². The number of alkyl halides is 1. The Morgan fingerprint density at radius 2 is 1.77 bits per heavy atom. The molecule has 5 saturated carbocycles. The Bertz CT molecular complexity index is 636. The Hall–Kier alpha value is -1.28. The number of hydrogen-bond donors (Lipinski definition) is 1. The van der Waals surface area contributed by atoms with E-state index in [2.05, 4.69) is 11.4 Å². The highest BCUT2D eigenvalue weighted by atomic mass is 35.5. The molecule has 0 aromatic heterocycles. The summed E-state index contributed by atoms with van der Waals surface area (Å²) in [6.07, 6.45) is 9.88. The van der Waals surface area contributed by atoms with Crippen molar-refractivity contribution in [1.82, 2.24) is 5.32 Å². The highest BCUT2D eigenvalue weighted by molar-refractivity contribution is 6.24. The first kappa shape index (κ1) is 18.1. The largest absolute Gasteiger partial charge is 0.455 e. The summed E-state index contributed by atoms with van der Waals surface area (Å²) < 4.78 is 5.45. The van der Waals surface area contributed by atoms with Gasteiger partial charge in [-0.1, -0.05) is 19.3 Å². The molecule has 0 unspecified atom stereocenters. The molecule has 0 heterocycles. The number of esters is 1. The maximum Gasteiger partial charge on any atom is 0.312 e. The van der Waals surface area contributed by atoms with Crippen molar-refractivity contribution in [2.45, 2.75) is 81.0 Å². The molecular weight excluding hydrogens is 352 g/mol. The quantitative estimate of drug-likeness (QED) is 0.600. The van der Waals surface area contributed by atoms with Gasteiger partial charge in [-0.15, -0.1) is 11.6 Å². The predicted molar refractivity (Wildman–Crippen MR) is 96.2 cm³/mol. The lowest BCUT2D eigenvalue weighted by Crippen LogP contribution is -2.56. The van der Waals surface area contributed by atoms with E-state index in [9.17, 15) is 14.9 Å². The molecule has 1 amide bonds. The third-order valence-electron chi connectivity index (χ3n) is 7.06. The molecule has 0 spiro atoms. The van der Waals surface area contributed by atoms with E-state index in [0.717, 1.165) is 44.9 Å². The number of carbonyl (C=O) groups is 2. The average Bonchev–Trinajstić information content (AvgIpc) is 2.58. The van der Waals surface area contributed by atoms with Crippen LogP contribution in [0.5, 0.6) is 0 Å². The summed E-state index contributed by atoms with van der Waals surface area (Å²) in [5.74, 6) is 0.395. The van der Waals surface area contributed by atoms with E-state index in [1.165, 1.54) is 6.42 Å². The van der Waals surface area contributed by atoms with Crippen LogP contribution in [0.3, 0.4) is 0 Å². The molecule has 6 heteroatoms. The summed E-state index contributed by atoms with van der Waals surface area (Å²) in [6.45, 7) is -0.297. The summed E-state index contributed by atoms with van der Waals surface area (Å²) in [4.78, 5) is 24.9. The molecule has 142 valence electrons. The molecule has 0 aromatic rings. The van der Waals surface area contributed by atoms with E-state index in [1.54, 1.807) is 0 Å². The van der Waals surface area contributed by atoms with E-state index < -0.39 is 11.0 Å². The Labute approximate surface area is 159 Å². The molecule has 5 fully saturated rings. The number of nitriles is 1. The molecule has 2 atom stereocenters. The number of ether oxygens (including phenoxy) is 1. The zero-order valence-electron chi connectivity index (χ0n) is 15.2. The van der Waals surface area contributed by atoms with Gasteiger partial charge in [0.15, 0.2) is 6.61 Å². The Morgan fingerprint density at radius 3 is 2.35 bits per heavy atom. The summed E-state index contributed by atoms with van der Waals surface area (Å²) in [5, 5.41) is 12.3. The van der Waals surface area contributed by atoms with E-state index in [0.29, 0.717) is 31.1 Å². The van der Waals surface area contributed by atoms with Gasteiger partial charge in [0.2, 0.25) is 0 Å². The lowest BCUT2D eigenvalue weighted by molar-refractivity contribution is -0.172. The number of carbonyl (C=O) groups excluding carboxylic acids is 2. The van der Waals surface area contributed by atoms with Crippen LogP contribution in [-0.4, -0.2) is 28.9 Å². The standard InChI is InChI=1S/C20H27ClN2O3/c21-19-9-14-6-15(10-19)8-18(7-14,12-19)17(25)26-11-16(24)23-20(13-22)4-2-1-3-5-20/h14-15H,1-12H2,(H,23,24)/t14-,15-,18?,19?/m0/s1. The lowest BCUT2D eigenvalue weighted by Gasteiger charge is -2.58. The minimum absolute atomic E-state index is 0.252. The second-order valence-corrected chi connectivity index (χ2v) is 10.1. The Balaban J connectivity index is 1.35. The molecule has 0 radical (unpaired) electrons. The van der Waals surface area contributed by atoms with Crippen LogP contribution in [0, 0.1) is 28.6 Å². The van der Waals surface area contributed by atoms with E-state index >= 15 is 0 Å². The van der Waals surface area contributed by atoms with Gasteiger partial charge in [-0.2, -0.15) is 5.26 Å². The molecule has 26 heavy (non-hydrogen) atoms. The first-order chi connectivity index (χ1) is 12.4. The molecule has 5 aliphatic rings. The summed E-state index contributed by atoms with van der Waals surface area (Å²) in [5.41, 5.74) is -1.29. The highest BCUT2D eigenvalue weighted by Crippen LogP contribution is 2.64. The van der Waals surface area contributed by atoms with Gasteiger partial charge < -0.3 is 10.1 Å². The van der Waals surface area contributed by atoms with Gasteiger partial charge in [-0.25, -0.2) is 0 Å². The third-order valence-corrected chi connectivity index (χ3v) is 7.50. The fourth-order valence-corrected chi connectivity index (χ4v) is 7.09. The number of nitrogens with one attached hydrogen (secondary N) is 1. The van der Waals surface area contributed by atoms with Crippen LogP contribution in [-0.2, 0) is 14.3 Å². The van der Waals surface area contributed by atoms with E-state index in [4.69, 9.17) is 16.3 Å². The molecule has 5 aliphatic carbocycles. The molecular formula is C20H27ClN2O3. The maximum absolute atomic E-state index is 12.9. The van der Waals surface area contributed by atoms with Crippen molar-refractivity contribution in [3.05, 3.63) is 0 Å². The highest BCUT2D eigenvalue weighted by Gasteiger charge is 2.60. The van der Waals surface area contributed by atoms with Gasteiger partial charge in [0.05, 0.1) is 11.5 Å². The summed E-state index contributed by atoms with van der Waals surface area (Å²) >= 11 is 6.77. The molecule has 1 N–H and O–H groups in total. The minimum Gasteiger partial charge on any atom is -0.455 e. The van der Waals surface area contributed by atoms with Crippen molar-refractivity contribution in [3.63, 3.8) is 0 Å². The second-order valence-electron chi connectivity index (χ2n) is 9.27. The van der Waals surface area contributed by atoms with Crippen LogP contribution in [0.2, 0.25) is 0 Å². The number of hydrogen-bond acceptors (Lipinski definition) is 4. The topological polar surface area (TPSA) is 79.2 Å². The molecule has 5 rings (SSSR count). The van der Waals surface area contributed by atoms with Crippen molar-refractivity contribution in [3.8, 4) is 6.07 Å². The molecule has 0 aromatic carbocycles. The summed E-state index contributed by atoms with van der Waals surface area (Å²) in [7, 11) is 0. The number of halogens is 1. The first-order valence-corrected chi connectivity index (χ1v) is 10.3. The fourth-order valence-electron chi connectivity index (χ4n) is 6.40. The van der Waals surface area contributed by atoms with Crippen molar-refractivity contribution >= 4 is 23.5 Å². The first-order valence-electron chi connectivity index (χ1n) is 9.95. The number of nitrogens with zero attached hydrogens (tertiary/aromatic N) is 1. The number of amides is 1. The zero-order valence-corrected chi connectivity index (χ0v) is 15.9. The van der Waals surface area contributed by atoms with Crippen LogP contribution in [0.25, 0.3) is 0 Å². The number of rotatable bonds is 4. The molecule has 0 saturated heterocycles. The molecule has 4 bridgehead atoms. The third kappa shape index (κ3) is 3.22. The van der Waals surface area contributed by atoms with E-state index in [1.807, 2.05) is 0 Å². The second kappa shape index (κ2) is 6.41. The SMILES string of the molecule is N#CC1(NC(=O)COC(=O)C23C[C@@H]4C[C@H](CC(Cl)(C4)C2)C3)CCCCC1. The monoisotopic (exact) mass is 378 g/mol. The van der Waals surface area contributed by atoms with Crippen molar-refractivity contribution in [1.29, 1.82) is 5.26 Å². The summed E-state index contributed by atoms with van der Waals surface area (Å²) in [6, 6.07) is 2.26. The normalized spacial score (nSPS) is 39.8. The smallest absolute Gasteiger partial charge is 0.312 e. The molecule has 5 nitrogen and oxygen atoms in total. The Kier molecular flexibility index (Phi) is 4.46. The van der Waals surface area contributed by atoms with Gasteiger partial charge in [0.25, 0.3) is 5.91 Å². The van der Waals surface area contributed by atoms with Crippen molar-refractivity contribution in [2.75, 3.05) is 6.61 Å². The maximum atomic E-state index is 12.9. The van der Waals surface area contributed by atoms with Gasteiger partial charge >= 0.3 is 5.97 Å². The van der Waals surface area contributed by atoms with Crippen LogP contribution in [0.4, 0.5) is 0 Å². The van der Waals surface area contributed by atoms with Gasteiger partial charge in [0.1, 0.15) is 5.54 Å². The lowest BCUT2D eigenvalue weighted by atomic mass is 9.49. The average molecular weight is 379 g/mol. The van der Waals surface area contributed by atoms with Gasteiger partial charge in [-0.05, 0) is 63.2 Å². The predicted octanol–water partition coefficient (Wildman–Crippen LogP) is 3.45. The van der Waals surface area contributed by atoms with Crippen LogP contribution < -0.4 is 5.32 Å². The minimum atomic E-state index is -0.789. The fraction of sp³-hybridized carbons (Fsp3) is 0.850. The van der Waals surface area contributed by atoms with Crippen LogP contribution in [0.1, 0.15) is 70.6 Å². The Morgan fingerprint density at radius 1 is 1.12 bits per heavy atom.